The summed E-state index contributed by atoms with van der Waals surface area (Å²) in [7, 11) is 0. The first-order valence-electron chi connectivity index (χ1n) is 5.44. The van der Waals surface area contributed by atoms with Crippen LogP contribution in [0.2, 0.25) is 0 Å². The summed E-state index contributed by atoms with van der Waals surface area (Å²) in [6.07, 6.45) is 2.52. The summed E-state index contributed by atoms with van der Waals surface area (Å²) in [6, 6.07) is 0. The molecular weight excluding hydrogens is 210 g/mol. The van der Waals surface area contributed by atoms with E-state index in [1.54, 1.807) is 6.92 Å². The lowest BCUT2D eigenvalue weighted by Gasteiger charge is -2.26. The van der Waals surface area contributed by atoms with E-state index in [4.69, 9.17) is 5.11 Å². The van der Waals surface area contributed by atoms with Gasteiger partial charge in [0.1, 0.15) is 0 Å². The van der Waals surface area contributed by atoms with Gasteiger partial charge >= 0.3 is 5.97 Å². The zero-order valence-electron chi connectivity index (χ0n) is 9.13. The third kappa shape index (κ3) is 1.92. The summed E-state index contributed by atoms with van der Waals surface area (Å²) < 4.78 is 1.53. The maximum Gasteiger partial charge on any atom is 0.358 e. The predicted molar refractivity (Wildman–Crippen MR) is 55.3 cm³/mol. The lowest BCUT2D eigenvalue weighted by molar-refractivity contribution is 0.0687. The van der Waals surface area contributed by atoms with E-state index in [0.29, 0.717) is 12.2 Å². The van der Waals surface area contributed by atoms with Crippen molar-refractivity contribution in [1.29, 1.82) is 0 Å². The Morgan fingerprint density at radius 2 is 2.31 bits per heavy atom. The molecule has 0 amide bonds. The monoisotopic (exact) mass is 225 g/mol. The number of carboxylic acids is 1. The minimum atomic E-state index is -1.04. The van der Waals surface area contributed by atoms with Gasteiger partial charge in [-0.3, -0.25) is 0 Å². The number of hydrogen-bond acceptors (Lipinski definition) is 4. The van der Waals surface area contributed by atoms with Crippen molar-refractivity contribution in [2.24, 2.45) is 0 Å². The molecule has 16 heavy (non-hydrogen) atoms. The number of aromatic carboxylic acids is 1. The molecule has 0 saturated heterocycles. The smallest absolute Gasteiger partial charge is 0.358 e. The standard InChI is InChI=1S/C10H15N3O3/c1-6(14)5-13-9(7-3-2-4-7)8(10(15)16)11-12-13/h6-7,14H,2-5H2,1H3,(H,15,16). The first kappa shape index (κ1) is 11.1. The molecule has 1 unspecified atom stereocenters. The normalized spacial score (nSPS) is 18.1. The number of aliphatic hydroxyl groups is 1. The van der Waals surface area contributed by atoms with Crippen LogP contribution in [-0.2, 0) is 6.54 Å². The Kier molecular flexibility index (Phi) is 2.91. The highest BCUT2D eigenvalue weighted by Gasteiger charge is 2.30. The summed E-state index contributed by atoms with van der Waals surface area (Å²) in [5, 5.41) is 25.8. The molecule has 1 aliphatic rings. The van der Waals surface area contributed by atoms with Crippen LogP contribution in [0, 0.1) is 0 Å². The molecular formula is C10H15N3O3. The second-order valence-corrected chi connectivity index (χ2v) is 4.29. The van der Waals surface area contributed by atoms with Crippen molar-refractivity contribution in [1.82, 2.24) is 15.0 Å². The van der Waals surface area contributed by atoms with Crippen molar-refractivity contribution in [3.63, 3.8) is 0 Å². The fraction of sp³-hybridized carbons (Fsp3) is 0.700. The Morgan fingerprint density at radius 3 is 2.75 bits per heavy atom. The topological polar surface area (TPSA) is 88.2 Å². The number of rotatable bonds is 4. The van der Waals surface area contributed by atoms with Gasteiger partial charge < -0.3 is 10.2 Å². The van der Waals surface area contributed by atoms with Gasteiger partial charge in [-0.15, -0.1) is 5.10 Å². The zero-order chi connectivity index (χ0) is 11.7. The maximum atomic E-state index is 11.0. The fourth-order valence-corrected chi connectivity index (χ4v) is 1.94. The summed E-state index contributed by atoms with van der Waals surface area (Å²) >= 11 is 0. The SMILES string of the molecule is CC(O)Cn1nnc(C(=O)O)c1C1CCC1. The highest BCUT2D eigenvalue weighted by Crippen LogP contribution is 2.37. The maximum absolute atomic E-state index is 11.0. The van der Waals surface area contributed by atoms with Crippen LogP contribution in [0.3, 0.4) is 0 Å². The molecule has 1 heterocycles. The molecule has 2 N–H and O–H groups in total. The first-order chi connectivity index (χ1) is 7.59. The number of aromatic nitrogens is 3. The molecule has 1 aromatic heterocycles. The van der Waals surface area contributed by atoms with Crippen LogP contribution in [-0.4, -0.2) is 37.3 Å². The first-order valence-corrected chi connectivity index (χ1v) is 5.44. The molecule has 0 radical (unpaired) electrons. The minimum Gasteiger partial charge on any atom is -0.476 e. The van der Waals surface area contributed by atoms with Crippen LogP contribution < -0.4 is 0 Å². The lowest BCUT2D eigenvalue weighted by atomic mass is 9.82. The van der Waals surface area contributed by atoms with Crippen LogP contribution in [0.4, 0.5) is 0 Å². The molecule has 1 aliphatic carbocycles. The van der Waals surface area contributed by atoms with E-state index in [1.807, 2.05) is 0 Å². The second kappa shape index (κ2) is 4.21. The summed E-state index contributed by atoms with van der Waals surface area (Å²) in [4.78, 5) is 11.0. The number of carbonyl (C=O) groups is 1. The van der Waals surface area contributed by atoms with Gasteiger partial charge in [-0.2, -0.15) is 0 Å². The van der Waals surface area contributed by atoms with Gasteiger partial charge in [0, 0.05) is 5.92 Å². The Labute approximate surface area is 92.9 Å². The minimum absolute atomic E-state index is 0.0327. The summed E-state index contributed by atoms with van der Waals surface area (Å²) in [5.74, 6) is -0.807. The van der Waals surface area contributed by atoms with Gasteiger partial charge in [0.05, 0.1) is 18.3 Å². The van der Waals surface area contributed by atoms with Crippen molar-refractivity contribution < 1.29 is 15.0 Å². The average molecular weight is 225 g/mol. The number of nitrogens with zero attached hydrogens (tertiary/aromatic N) is 3. The van der Waals surface area contributed by atoms with Gasteiger partial charge in [-0.05, 0) is 19.8 Å². The molecule has 1 saturated carbocycles. The Hall–Kier alpha value is -1.43. The zero-order valence-corrected chi connectivity index (χ0v) is 9.13. The van der Waals surface area contributed by atoms with Gasteiger partial charge in [0.15, 0.2) is 5.69 Å². The van der Waals surface area contributed by atoms with Crippen LogP contribution in [0.25, 0.3) is 0 Å². The molecule has 1 aromatic rings. The Balaban J connectivity index is 2.33. The van der Waals surface area contributed by atoms with Crippen LogP contribution >= 0.6 is 0 Å². The predicted octanol–water partition coefficient (Wildman–Crippen LogP) is 0.625. The van der Waals surface area contributed by atoms with E-state index < -0.39 is 12.1 Å². The van der Waals surface area contributed by atoms with E-state index in [-0.39, 0.29) is 11.6 Å². The van der Waals surface area contributed by atoms with E-state index >= 15 is 0 Å². The number of carboxylic acid groups (broad SMARTS) is 1. The third-order valence-electron chi connectivity index (χ3n) is 2.90. The Morgan fingerprint density at radius 1 is 1.62 bits per heavy atom. The molecule has 6 heteroatoms. The fourth-order valence-electron chi connectivity index (χ4n) is 1.94. The number of aliphatic hydroxyl groups excluding tert-OH is 1. The summed E-state index contributed by atoms with van der Waals surface area (Å²) in [5.41, 5.74) is 0.699. The van der Waals surface area contributed by atoms with Crippen LogP contribution in [0.5, 0.6) is 0 Å². The van der Waals surface area contributed by atoms with Crippen molar-refractivity contribution >= 4 is 5.97 Å². The quantitative estimate of drug-likeness (QED) is 0.784. The average Bonchev–Trinajstić information content (AvgIpc) is 2.45. The number of hydrogen-bond donors (Lipinski definition) is 2. The molecule has 0 spiro atoms. The lowest BCUT2D eigenvalue weighted by Crippen LogP contribution is -2.21. The van der Waals surface area contributed by atoms with Crippen LogP contribution in [0.15, 0.2) is 0 Å². The summed E-state index contributed by atoms with van der Waals surface area (Å²) in [6.45, 7) is 1.94. The van der Waals surface area contributed by atoms with E-state index in [9.17, 15) is 9.90 Å². The molecule has 0 bridgehead atoms. The van der Waals surface area contributed by atoms with E-state index in [0.717, 1.165) is 19.3 Å². The highest BCUT2D eigenvalue weighted by atomic mass is 16.4. The van der Waals surface area contributed by atoms with E-state index in [1.165, 1.54) is 4.68 Å². The molecule has 1 fully saturated rings. The molecule has 1 atom stereocenters. The second-order valence-electron chi connectivity index (χ2n) is 4.29. The van der Waals surface area contributed by atoms with E-state index in [2.05, 4.69) is 10.3 Å². The molecule has 0 aliphatic heterocycles. The van der Waals surface area contributed by atoms with Gasteiger partial charge in [0.2, 0.25) is 0 Å². The molecule has 6 nitrogen and oxygen atoms in total. The highest BCUT2D eigenvalue weighted by molar-refractivity contribution is 5.86. The van der Waals surface area contributed by atoms with Gasteiger partial charge in [-0.1, -0.05) is 11.6 Å². The molecule has 88 valence electrons. The van der Waals surface area contributed by atoms with Gasteiger partial charge in [0.25, 0.3) is 0 Å². The molecule has 2 rings (SSSR count). The van der Waals surface area contributed by atoms with Crippen molar-refractivity contribution in [3.05, 3.63) is 11.4 Å². The molecule has 0 aromatic carbocycles. The third-order valence-corrected chi connectivity index (χ3v) is 2.90. The van der Waals surface area contributed by atoms with Crippen molar-refractivity contribution in [2.75, 3.05) is 0 Å². The van der Waals surface area contributed by atoms with Crippen LogP contribution in [0.1, 0.15) is 48.3 Å². The Bertz CT molecular complexity index is 396. The van der Waals surface area contributed by atoms with Gasteiger partial charge in [-0.25, -0.2) is 9.48 Å². The van der Waals surface area contributed by atoms with Crippen molar-refractivity contribution in [2.45, 2.75) is 44.8 Å². The largest absolute Gasteiger partial charge is 0.476 e. The van der Waals surface area contributed by atoms with Crippen molar-refractivity contribution in [3.8, 4) is 0 Å².